The maximum atomic E-state index is 12.4. The van der Waals surface area contributed by atoms with Crippen molar-refractivity contribution in [2.45, 2.75) is 6.18 Å². The average Bonchev–Trinajstić information content (AvgIpc) is 2.15. The molecule has 0 saturated heterocycles. The molecule has 0 amide bonds. The van der Waals surface area contributed by atoms with Gasteiger partial charge in [-0.2, -0.15) is 18.3 Å². The summed E-state index contributed by atoms with van der Waals surface area (Å²) in [6, 6.07) is 4.83. The van der Waals surface area contributed by atoms with Crippen LogP contribution in [0.1, 0.15) is 11.1 Å². The third-order valence-corrected chi connectivity index (χ3v) is 1.87. The van der Waals surface area contributed by atoms with Gasteiger partial charge in [0.15, 0.2) is 5.17 Å². The summed E-state index contributed by atoms with van der Waals surface area (Å²) in [7, 11) is 0. The summed E-state index contributed by atoms with van der Waals surface area (Å²) in [5.41, 5.74) is -1.07. The number of benzene rings is 1. The molecule has 0 aliphatic rings. The third kappa shape index (κ3) is 2.17. The molecule has 6 heteroatoms. The summed E-state index contributed by atoms with van der Waals surface area (Å²) >= 11 is 5.43. The number of hydrogen-bond acceptors (Lipinski definition) is 2. The molecule has 14 heavy (non-hydrogen) atoms. The van der Waals surface area contributed by atoms with Crippen LogP contribution < -0.4 is 5.84 Å². The number of alkyl halides is 3. The van der Waals surface area contributed by atoms with Crippen LogP contribution in [-0.4, -0.2) is 5.17 Å². The van der Waals surface area contributed by atoms with Gasteiger partial charge in [0.1, 0.15) is 0 Å². The highest BCUT2D eigenvalue weighted by Gasteiger charge is 2.33. The van der Waals surface area contributed by atoms with E-state index in [4.69, 9.17) is 17.4 Å². The van der Waals surface area contributed by atoms with Gasteiger partial charge in [-0.15, -0.1) is 0 Å². The summed E-state index contributed by atoms with van der Waals surface area (Å²) in [6.45, 7) is 0. The predicted octanol–water partition coefficient (Wildman–Crippen LogP) is 2.56. The molecule has 76 valence electrons. The van der Waals surface area contributed by atoms with Crippen molar-refractivity contribution in [1.29, 1.82) is 0 Å². The fraction of sp³-hybridized carbons (Fsp3) is 0.125. The van der Waals surface area contributed by atoms with Crippen LogP contribution in [-0.2, 0) is 6.18 Å². The van der Waals surface area contributed by atoms with Gasteiger partial charge in [-0.05, 0) is 6.07 Å². The normalized spacial score (nSPS) is 13.0. The van der Waals surface area contributed by atoms with Crippen molar-refractivity contribution in [1.82, 2.24) is 0 Å². The van der Waals surface area contributed by atoms with Crippen LogP contribution in [0, 0.1) is 0 Å². The molecule has 1 aromatic rings. The Labute approximate surface area is 83.2 Å². The minimum atomic E-state index is -4.46. The minimum absolute atomic E-state index is 0.218. The van der Waals surface area contributed by atoms with Gasteiger partial charge in [-0.1, -0.05) is 29.8 Å². The Balaban J connectivity index is 3.31. The van der Waals surface area contributed by atoms with Crippen LogP contribution >= 0.6 is 11.6 Å². The van der Waals surface area contributed by atoms with Gasteiger partial charge in [0, 0.05) is 5.56 Å². The molecule has 1 rings (SSSR count). The molecule has 0 radical (unpaired) electrons. The second kappa shape index (κ2) is 3.88. The third-order valence-electron chi connectivity index (χ3n) is 1.57. The van der Waals surface area contributed by atoms with Gasteiger partial charge < -0.3 is 5.84 Å². The van der Waals surface area contributed by atoms with Crippen LogP contribution in [0.5, 0.6) is 0 Å². The summed E-state index contributed by atoms with van der Waals surface area (Å²) in [4.78, 5) is 0. The van der Waals surface area contributed by atoms with E-state index in [1.54, 1.807) is 0 Å². The Morgan fingerprint density at radius 2 is 1.86 bits per heavy atom. The molecule has 0 fully saturated rings. The highest BCUT2D eigenvalue weighted by Crippen LogP contribution is 2.32. The number of hydrazone groups is 1. The van der Waals surface area contributed by atoms with Crippen molar-refractivity contribution in [3.05, 3.63) is 35.4 Å². The van der Waals surface area contributed by atoms with Crippen molar-refractivity contribution >= 4 is 16.8 Å². The molecular weight excluding hydrogens is 217 g/mol. The molecule has 1 aromatic carbocycles. The van der Waals surface area contributed by atoms with E-state index in [0.29, 0.717) is 0 Å². The van der Waals surface area contributed by atoms with Crippen molar-refractivity contribution < 1.29 is 13.2 Å². The Morgan fingerprint density at radius 3 is 2.36 bits per heavy atom. The van der Waals surface area contributed by atoms with Gasteiger partial charge in [-0.3, -0.25) is 0 Å². The van der Waals surface area contributed by atoms with Gasteiger partial charge in [-0.25, -0.2) is 0 Å². The summed E-state index contributed by atoms with van der Waals surface area (Å²) < 4.78 is 37.2. The zero-order chi connectivity index (χ0) is 10.8. The van der Waals surface area contributed by atoms with Gasteiger partial charge in [0.25, 0.3) is 0 Å². The maximum Gasteiger partial charge on any atom is 0.417 e. The molecule has 0 aliphatic carbocycles. The smallest absolute Gasteiger partial charge is 0.322 e. The van der Waals surface area contributed by atoms with Gasteiger partial charge in [0.2, 0.25) is 0 Å². The zero-order valence-electron chi connectivity index (χ0n) is 6.85. The number of nitrogens with zero attached hydrogens (tertiary/aromatic N) is 1. The first-order valence-corrected chi connectivity index (χ1v) is 3.94. The Kier molecular flexibility index (Phi) is 3.00. The van der Waals surface area contributed by atoms with E-state index < -0.39 is 11.7 Å². The molecule has 0 heterocycles. The first-order valence-electron chi connectivity index (χ1n) is 3.57. The van der Waals surface area contributed by atoms with E-state index in [2.05, 4.69) is 5.10 Å². The largest absolute Gasteiger partial charge is 0.417 e. The fourth-order valence-electron chi connectivity index (χ4n) is 0.980. The van der Waals surface area contributed by atoms with Crippen LogP contribution in [0.2, 0.25) is 0 Å². The fourth-order valence-corrected chi connectivity index (χ4v) is 1.14. The van der Waals surface area contributed by atoms with Crippen LogP contribution in [0.4, 0.5) is 13.2 Å². The van der Waals surface area contributed by atoms with Crippen LogP contribution in [0.3, 0.4) is 0 Å². The first kappa shape index (κ1) is 10.8. The minimum Gasteiger partial charge on any atom is -0.322 e. The van der Waals surface area contributed by atoms with Gasteiger partial charge >= 0.3 is 6.18 Å². The molecule has 2 N–H and O–H groups in total. The second-order valence-corrected chi connectivity index (χ2v) is 2.82. The molecule has 0 atom stereocenters. The van der Waals surface area contributed by atoms with Crippen molar-refractivity contribution in [3.63, 3.8) is 0 Å². The monoisotopic (exact) mass is 222 g/mol. The van der Waals surface area contributed by atoms with E-state index in [0.717, 1.165) is 6.07 Å². The van der Waals surface area contributed by atoms with E-state index in [1.807, 2.05) is 0 Å². The molecular formula is C8H6ClF3N2. The summed E-state index contributed by atoms with van der Waals surface area (Å²) in [5, 5.41) is 2.65. The number of rotatable bonds is 1. The van der Waals surface area contributed by atoms with E-state index in [-0.39, 0.29) is 10.7 Å². The zero-order valence-corrected chi connectivity index (χ0v) is 7.60. The second-order valence-electron chi connectivity index (χ2n) is 2.46. The van der Waals surface area contributed by atoms with E-state index in [1.165, 1.54) is 18.2 Å². The highest BCUT2D eigenvalue weighted by atomic mass is 35.5. The number of halogens is 4. The molecule has 0 aliphatic heterocycles. The lowest BCUT2D eigenvalue weighted by atomic mass is 10.1. The molecule has 2 nitrogen and oxygen atoms in total. The summed E-state index contributed by atoms with van der Waals surface area (Å²) in [5.74, 6) is 4.80. The van der Waals surface area contributed by atoms with E-state index in [9.17, 15) is 13.2 Å². The lowest BCUT2D eigenvalue weighted by molar-refractivity contribution is -0.137. The van der Waals surface area contributed by atoms with Crippen molar-refractivity contribution in [2.75, 3.05) is 0 Å². The van der Waals surface area contributed by atoms with Crippen LogP contribution in [0.25, 0.3) is 0 Å². The molecule has 0 aromatic heterocycles. The Bertz CT molecular complexity index is 360. The standard InChI is InChI=1S/C8H6ClF3N2/c9-7(14-13)5-3-1-2-4-6(5)8(10,11)12/h1-4H,13H2. The number of hydrogen-bond donors (Lipinski definition) is 1. The lowest BCUT2D eigenvalue weighted by Crippen LogP contribution is -2.11. The molecule has 0 saturated carbocycles. The predicted molar refractivity (Wildman–Crippen MR) is 48.0 cm³/mol. The number of nitrogens with two attached hydrogens (primary N) is 1. The van der Waals surface area contributed by atoms with E-state index >= 15 is 0 Å². The molecule has 0 spiro atoms. The first-order chi connectivity index (χ1) is 6.46. The topological polar surface area (TPSA) is 38.4 Å². The average molecular weight is 223 g/mol. The highest BCUT2D eigenvalue weighted by molar-refractivity contribution is 6.69. The maximum absolute atomic E-state index is 12.4. The lowest BCUT2D eigenvalue weighted by Gasteiger charge is -2.10. The Hall–Kier alpha value is -1.23. The van der Waals surface area contributed by atoms with Crippen LogP contribution in [0.15, 0.2) is 29.4 Å². The van der Waals surface area contributed by atoms with Crippen molar-refractivity contribution in [3.8, 4) is 0 Å². The quantitative estimate of drug-likeness (QED) is 0.443. The molecule has 0 bridgehead atoms. The van der Waals surface area contributed by atoms with Gasteiger partial charge in [0.05, 0.1) is 5.56 Å². The Morgan fingerprint density at radius 1 is 1.29 bits per heavy atom. The van der Waals surface area contributed by atoms with Crippen molar-refractivity contribution in [2.24, 2.45) is 10.9 Å². The summed E-state index contributed by atoms with van der Waals surface area (Å²) in [6.07, 6.45) is -4.46. The SMILES string of the molecule is NN=C(Cl)c1ccccc1C(F)(F)F. The molecule has 0 unspecified atom stereocenters.